The zero-order valence-corrected chi connectivity index (χ0v) is 17.1. The Bertz CT molecular complexity index is 893. The van der Waals surface area contributed by atoms with E-state index in [1.54, 1.807) is 36.4 Å². The van der Waals surface area contributed by atoms with Crippen molar-refractivity contribution in [2.24, 2.45) is 0 Å². The molecule has 6 nitrogen and oxygen atoms in total. The van der Waals surface area contributed by atoms with Crippen molar-refractivity contribution in [3.63, 3.8) is 0 Å². The summed E-state index contributed by atoms with van der Waals surface area (Å²) < 4.78 is 18.7. The number of amides is 2. The number of hydrogen-bond acceptors (Lipinski definition) is 5. The summed E-state index contributed by atoms with van der Waals surface area (Å²) in [4.78, 5) is 31.2. The van der Waals surface area contributed by atoms with E-state index in [9.17, 15) is 14.0 Å². The minimum absolute atomic E-state index is 0.169. The highest BCUT2D eigenvalue weighted by Gasteiger charge is 2.43. The molecule has 0 N–H and O–H groups in total. The minimum Gasteiger partial charge on any atom is -0.494 e. The summed E-state index contributed by atoms with van der Waals surface area (Å²) in [6.07, 6.45) is 1.12. The molecule has 30 heavy (non-hydrogen) atoms. The van der Waals surface area contributed by atoms with Crippen LogP contribution in [0.15, 0.2) is 48.5 Å². The zero-order valence-electron chi connectivity index (χ0n) is 17.1. The van der Waals surface area contributed by atoms with Gasteiger partial charge in [-0.2, -0.15) is 0 Å². The van der Waals surface area contributed by atoms with Gasteiger partial charge < -0.3 is 9.64 Å². The second-order valence-corrected chi connectivity index (χ2v) is 7.63. The van der Waals surface area contributed by atoms with Gasteiger partial charge in [0.1, 0.15) is 11.6 Å². The number of nitrogens with zero attached hydrogens (tertiary/aromatic N) is 3. The van der Waals surface area contributed by atoms with Crippen molar-refractivity contribution in [1.82, 2.24) is 4.90 Å². The summed E-state index contributed by atoms with van der Waals surface area (Å²) in [6.45, 7) is 5.49. The van der Waals surface area contributed by atoms with Crippen LogP contribution in [-0.2, 0) is 9.59 Å². The molecule has 7 heteroatoms. The Labute approximate surface area is 175 Å². The molecule has 0 aromatic heterocycles. The molecule has 0 aliphatic carbocycles. The molecule has 0 radical (unpaired) electrons. The van der Waals surface area contributed by atoms with Gasteiger partial charge in [-0.05, 0) is 55.0 Å². The number of piperazine rings is 1. The molecule has 2 saturated heterocycles. The number of anilines is 2. The van der Waals surface area contributed by atoms with E-state index in [4.69, 9.17) is 4.74 Å². The molecular weight excluding hydrogens is 385 g/mol. The van der Waals surface area contributed by atoms with Gasteiger partial charge in [0.15, 0.2) is 0 Å². The third-order valence-corrected chi connectivity index (χ3v) is 5.64. The minimum atomic E-state index is -0.427. The van der Waals surface area contributed by atoms with E-state index in [0.29, 0.717) is 25.4 Å². The predicted molar refractivity (Wildman–Crippen MR) is 113 cm³/mol. The van der Waals surface area contributed by atoms with Crippen LogP contribution >= 0.6 is 0 Å². The van der Waals surface area contributed by atoms with E-state index in [0.717, 1.165) is 30.9 Å². The third-order valence-electron chi connectivity index (χ3n) is 5.64. The summed E-state index contributed by atoms with van der Waals surface area (Å²) >= 11 is 0. The van der Waals surface area contributed by atoms with Crippen LogP contribution in [0.4, 0.5) is 15.8 Å². The smallest absolute Gasteiger partial charge is 0.251 e. The number of halogens is 1. The van der Waals surface area contributed by atoms with Gasteiger partial charge in [-0.3, -0.25) is 14.5 Å². The van der Waals surface area contributed by atoms with E-state index in [1.165, 1.54) is 17.0 Å². The summed E-state index contributed by atoms with van der Waals surface area (Å²) in [5, 5.41) is 0. The summed E-state index contributed by atoms with van der Waals surface area (Å²) in [5.74, 6) is 0.135. The van der Waals surface area contributed by atoms with Gasteiger partial charge in [0.2, 0.25) is 5.91 Å². The second-order valence-electron chi connectivity index (χ2n) is 7.63. The normalized spacial score (nSPS) is 20.1. The molecule has 2 heterocycles. The molecule has 4 rings (SSSR count). The van der Waals surface area contributed by atoms with Crippen LogP contribution < -0.4 is 14.5 Å². The van der Waals surface area contributed by atoms with Gasteiger partial charge in [-0.25, -0.2) is 9.29 Å². The maximum absolute atomic E-state index is 13.1. The Morgan fingerprint density at radius 2 is 1.57 bits per heavy atom. The van der Waals surface area contributed by atoms with Crippen molar-refractivity contribution in [1.29, 1.82) is 0 Å². The number of benzene rings is 2. The quantitative estimate of drug-likeness (QED) is 0.684. The molecule has 1 atom stereocenters. The molecular formula is C23H26FN3O3. The fraction of sp³-hybridized carbons (Fsp3) is 0.391. The van der Waals surface area contributed by atoms with Gasteiger partial charge in [0.25, 0.3) is 5.91 Å². The Morgan fingerprint density at radius 1 is 0.933 bits per heavy atom. The Kier molecular flexibility index (Phi) is 5.99. The van der Waals surface area contributed by atoms with Gasteiger partial charge >= 0.3 is 0 Å². The van der Waals surface area contributed by atoms with E-state index in [1.807, 2.05) is 6.92 Å². The summed E-state index contributed by atoms with van der Waals surface area (Å²) in [6, 6.07) is 13.1. The molecule has 2 aliphatic rings. The van der Waals surface area contributed by atoms with Crippen molar-refractivity contribution < 1.29 is 18.7 Å². The number of hydrogen-bond donors (Lipinski definition) is 0. The standard InChI is InChI=1S/C23H26FN3O3/c1-2-15-30-20-9-7-19(8-10-20)27-22(28)16-21(23(27)29)26-13-11-25(12-14-26)18-5-3-17(24)4-6-18/h3-10,21H,2,11-16H2,1H3/t21-/m0/s1. The van der Waals surface area contributed by atoms with Crippen LogP contribution in [0.3, 0.4) is 0 Å². The van der Waals surface area contributed by atoms with E-state index >= 15 is 0 Å². The highest BCUT2D eigenvalue weighted by atomic mass is 19.1. The van der Waals surface area contributed by atoms with Crippen molar-refractivity contribution in [2.75, 3.05) is 42.6 Å². The molecule has 2 aliphatic heterocycles. The third kappa shape index (κ3) is 4.16. The number of ether oxygens (including phenoxy) is 1. The number of imide groups is 1. The monoisotopic (exact) mass is 411 g/mol. The average Bonchev–Trinajstić information content (AvgIpc) is 3.07. The molecule has 2 fully saturated rings. The molecule has 158 valence electrons. The summed E-state index contributed by atoms with van der Waals surface area (Å²) in [5.41, 5.74) is 1.55. The lowest BCUT2D eigenvalue weighted by Gasteiger charge is -2.38. The maximum Gasteiger partial charge on any atom is 0.251 e. The average molecular weight is 411 g/mol. The fourth-order valence-corrected chi connectivity index (χ4v) is 4.03. The molecule has 2 aromatic carbocycles. The van der Waals surface area contributed by atoms with Crippen molar-refractivity contribution in [2.45, 2.75) is 25.8 Å². The van der Waals surface area contributed by atoms with Crippen LogP contribution in [0.25, 0.3) is 0 Å². The van der Waals surface area contributed by atoms with E-state index in [2.05, 4.69) is 9.80 Å². The molecule has 0 bridgehead atoms. The lowest BCUT2D eigenvalue weighted by molar-refractivity contribution is -0.123. The van der Waals surface area contributed by atoms with E-state index < -0.39 is 6.04 Å². The van der Waals surface area contributed by atoms with Crippen LogP contribution in [0, 0.1) is 5.82 Å². The van der Waals surface area contributed by atoms with Gasteiger partial charge in [0, 0.05) is 31.9 Å². The largest absolute Gasteiger partial charge is 0.494 e. The first-order chi connectivity index (χ1) is 14.6. The van der Waals surface area contributed by atoms with Crippen LogP contribution in [0.5, 0.6) is 5.75 Å². The highest BCUT2D eigenvalue weighted by molar-refractivity contribution is 6.22. The lowest BCUT2D eigenvalue weighted by Crippen LogP contribution is -2.52. The number of rotatable bonds is 6. The first-order valence-corrected chi connectivity index (χ1v) is 10.4. The zero-order chi connectivity index (χ0) is 21.1. The van der Waals surface area contributed by atoms with Crippen molar-refractivity contribution >= 4 is 23.2 Å². The van der Waals surface area contributed by atoms with Crippen LogP contribution in [-0.4, -0.2) is 55.5 Å². The van der Waals surface area contributed by atoms with Crippen molar-refractivity contribution in [3.8, 4) is 5.75 Å². The topological polar surface area (TPSA) is 53.1 Å². The predicted octanol–water partition coefficient (Wildman–Crippen LogP) is 3.07. The summed E-state index contributed by atoms with van der Waals surface area (Å²) in [7, 11) is 0. The molecule has 0 spiro atoms. The number of carbonyl (C=O) groups excluding carboxylic acids is 2. The number of carbonyl (C=O) groups is 2. The second kappa shape index (κ2) is 8.83. The van der Waals surface area contributed by atoms with Gasteiger partial charge in [-0.15, -0.1) is 0 Å². The Morgan fingerprint density at radius 3 is 2.20 bits per heavy atom. The fourth-order valence-electron chi connectivity index (χ4n) is 4.03. The maximum atomic E-state index is 13.1. The first kappa shape index (κ1) is 20.3. The van der Waals surface area contributed by atoms with Crippen LogP contribution in [0.1, 0.15) is 19.8 Å². The van der Waals surface area contributed by atoms with Gasteiger partial charge in [-0.1, -0.05) is 6.92 Å². The molecule has 0 saturated carbocycles. The SMILES string of the molecule is CCCOc1ccc(N2C(=O)C[C@H](N3CCN(c4ccc(F)cc4)CC3)C2=O)cc1. The molecule has 2 amide bonds. The molecule has 2 aromatic rings. The lowest BCUT2D eigenvalue weighted by atomic mass is 10.1. The van der Waals surface area contributed by atoms with E-state index in [-0.39, 0.29) is 24.1 Å². The molecule has 0 unspecified atom stereocenters. The van der Waals surface area contributed by atoms with Crippen LogP contribution in [0.2, 0.25) is 0 Å². The Balaban J connectivity index is 1.39. The Hall–Kier alpha value is -2.93. The first-order valence-electron chi connectivity index (χ1n) is 10.4. The van der Waals surface area contributed by atoms with Gasteiger partial charge in [0.05, 0.1) is 24.8 Å². The highest BCUT2D eigenvalue weighted by Crippen LogP contribution is 2.28. The van der Waals surface area contributed by atoms with Crippen molar-refractivity contribution in [3.05, 3.63) is 54.3 Å².